The van der Waals surface area contributed by atoms with E-state index in [1.165, 1.54) is 18.9 Å². The fraction of sp³-hybridized carbons (Fsp3) is 0.400. The molecule has 1 atom stereocenters. The van der Waals surface area contributed by atoms with Crippen molar-refractivity contribution in [3.05, 3.63) is 40.0 Å². The molecule has 0 saturated carbocycles. The first-order valence-corrected chi connectivity index (χ1v) is 7.50. The standard InChI is InChI=1S/C15H17FN2S/c1-10-15(12-6-2-3-7-13(12)16)18-14(19-10)9-11-5-4-8-17-11/h2-3,6-7,11,17H,4-5,8-9H2,1H3. The molecule has 1 aliphatic heterocycles. The molecule has 1 aromatic heterocycles. The summed E-state index contributed by atoms with van der Waals surface area (Å²) in [6.07, 6.45) is 3.42. The van der Waals surface area contributed by atoms with Crippen molar-refractivity contribution in [1.82, 2.24) is 10.3 Å². The van der Waals surface area contributed by atoms with Crippen molar-refractivity contribution in [1.29, 1.82) is 0 Å². The largest absolute Gasteiger partial charge is 0.314 e. The third-order valence-electron chi connectivity index (χ3n) is 3.55. The minimum atomic E-state index is -0.193. The highest BCUT2D eigenvalue weighted by Crippen LogP contribution is 2.30. The van der Waals surface area contributed by atoms with Gasteiger partial charge in [-0.15, -0.1) is 11.3 Å². The lowest BCUT2D eigenvalue weighted by atomic mass is 10.1. The van der Waals surface area contributed by atoms with Crippen molar-refractivity contribution in [3.63, 3.8) is 0 Å². The molecule has 1 saturated heterocycles. The molecule has 1 aliphatic rings. The van der Waals surface area contributed by atoms with Crippen molar-refractivity contribution in [2.75, 3.05) is 6.54 Å². The molecular weight excluding hydrogens is 259 g/mol. The van der Waals surface area contributed by atoms with Crippen molar-refractivity contribution in [3.8, 4) is 11.3 Å². The van der Waals surface area contributed by atoms with Gasteiger partial charge in [-0.25, -0.2) is 9.37 Å². The maximum absolute atomic E-state index is 13.8. The minimum Gasteiger partial charge on any atom is -0.314 e. The number of nitrogens with one attached hydrogen (secondary N) is 1. The van der Waals surface area contributed by atoms with Crippen LogP contribution in [-0.2, 0) is 6.42 Å². The van der Waals surface area contributed by atoms with Crippen LogP contribution in [0.5, 0.6) is 0 Å². The number of halogens is 1. The number of benzene rings is 1. The second kappa shape index (κ2) is 5.39. The predicted molar refractivity (Wildman–Crippen MR) is 77.0 cm³/mol. The number of aryl methyl sites for hydroxylation is 1. The summed E-state index contributed by atoms with van der Waals surface area (Å²) < 4.78 is 13.8. The maximum atomic E-state index is 13.8. The molecule has 19 heavy (non-hydrogen) atoms. The molecule has 1 fully saturated rings. The zero-order valence-corrected chi connectivity index (χ0v) is 11.8. The van der Waals surface area contributed by atoms with E-state index in [-0.39, 0.29) is 5.82 Å². The molecule has 1 N–H and O–H groups in total. The van der Waals surface area contributed by atoms with Crippen LogP contribution in [0.3, 0.4) is 0 Å². The van der Waals surface area contributed by atoms with E-state index < -0.39 is 0 Å². The average molecular weight is 276 g/mol. The first kappa shape index (κ1) is 12.8. The van der Waals surface area contributed by atoms with Gasteiger partial charge in [0.05, 0.1) is 10.7 Å². The van der Waals surface area contributed by atoms with Gasteiger partial charge in [0.2, 0.25) is 0 Å². The number of nitrogens with zero attached hydrogens (tertiary/aromatic N) is 1. The number of rotatable bonds is 3. The van der Waals surface area contributed by atoms with Crippen LogP contribution in [0.1, 0.15) is 22.7 Å². The van der Waals surface area contributed by atoms with E-state index >= 15 is 0 Å². The van der Waals surface area contributed by atoms with Crippen LogP contribution in [0.2, 0.25) is 0 Å². The highest BCUT2D eigenvalue weighted by atomic mass is 32.1. The molecule has 0 amide bonds. The first-order valence-electron chi connectivity index (χ1n) is 6.68. The van der Waals surface area contributed by atoms with E-state index in [0.29, 0.717) is 11.6 Å². The Kier molecular flexibility index (Phi) is 3.62. The zero-order valence-electron chi connectivity index (χ0n) is 10.9. The Labute approximate surface area is 116 Å². The molecule has 100 valence electrons. The van der Waals surface area contributed by atoms with Crippen LogP contribution in [0, 0.1) is 12.7 Å². The highest BCUT2D eigenvalue weighted by molar-refractivity contribution is 7.12. The Morgan fingerprint density at radius 2 is 2.26 bits per heavy atom. The number of thiazole rings is 1. The van der Waals surface area contributed by atoms with Crippen LogP contribution in [0.15, 0.2) is 24.3 Å². The van der Waals surface area contributed by atoms with Crippen LogP contribution in [0.25, 0.3) is 11.3 Å². The molecular formula is C15H17FN2S. The average Bonchev–Trinajstić information content (AvgIpc) is 3.01. The third kappa shape index (κ3) is 2.69. The molecule has 0 radical (unpaired) electrons. The van der Waals surface area contributed by atoms with Crippen molar-refractivity contribution >= 4 is 11.3 Å². The quantitative estimate of drug-likeness (QED) is 0.927. The van der Waals surface area contributed by atoms with Gasteiger partial charge in [0, 0.05) is 22.9 Å². The highest BCUT2D eigenvalue weighted by Gasteiger charge is 2.18. The monoisotopic (exact) mass is 276 g/mol. The summed E-state index contributed by atoms with van der Waals surface area (Å²) >= 11 is 1.69. The molecule has 0 spiro atoms. The fourth-order valence-electron chi connectivity index (χ4n) is 2.58. The molecule has 3 rings (SSSR count). The van der Waals surface area contributed by atoms with E-state index in [9.17, 15) is 4.39 Å². The van der Waals surface area contributed by atoms with E-state index in [1.807, 2.05) is 13.0 Å². The summed E-state index contributed by atoms with van der Waals surface area (Å²) in [5.74, 6) is -0.193. The lowest BCUT2D eigenvalue weighted by molar-refractivity contribution is 0.601. The molecule has 2 nitrogen and oxygen atoms in total. The number of hydrogen-bond acceptors (Lipinski definition) is 3. The smallest absolute Gasteiger partial charge is 0.132 e. The van der Waals surface area contributed by atoms with Gasteiger partial charge >= 0.3 is 0 Å². The molecule has 2 aromatic rings. The Balaban J connectivity index is 1.87. The van der Waals surface area contributed by atoms with Crippen LogP contribution < -0.4 is 5.32 Å². The van der Waals surface area contributed by atoms with Gasteiger partial charge in [0.1, 0.15) is 5.82 Å². The maximum Gasteiger partial charge on any atom is 0.132 e. The first-order chi connectivity index (χ1) is 9.24. The normalized spacial score (nSPS) is 18.9. The minimum absolute atomic E-state index is 0.193. The van der Waals surface area contributed by atoms with Gasteiger partial charge in [-0.2, -0.15) is 0 Å². The van der Waals surface area contributed by atoms with E-state index in [2.05, 4.69) is 10.3 Å². The van der Waals surface area contributed by atoms with Gasteiger partial charge in [-0.05, 0) is 38.4 Å². The van der Waals surface area contributed by atoms with Crippen LogP contribution >= 0.6 is 11.3 Å². The van der Waals surface area contributed by atoms with E-state index in [1.54, 1.807) is 23.5 Å². The summed E-state index contributed by atoms with van der Waals surface area (Å²) in [6.45, 7) is 3.13. The Morgan fingerprint density at radius 1 is 1.42 bits per heavy atom. The second-order valence-electron chi connectivity index (χ2n) is 4.99. The summed E-state index contributed by atoms with van der Waals surface area (Å²) in [5.41, 5.74) is 1.41. The summed E-state index contributed by atoms with van der Waals surface area (Å²) in [4.78, 5) is 5.74. The van der Waals surface area contributed by atoms with Gasteiger partial charge in [-0.1, -0.05) is 12.1 Å². The molecule has 1 aromatic carbocycles. The zero-order chi connectivity index (χ0) is 13.2. The van der Waals surface area contributed by atoms with E-state index in [4.69, 9.17) is 0 Å². The summed E-state index contributed by atoms with van der Waals surface area (Å²) in [5, 5.41) is 4.58. The Hall–Kier alpha value is -1.26. The molecule has 1 unspecified atom stereocenters. The third-order valence-corrected chi connectivity index (χ3v) is 4.55. The SMILES string of the molecule is Cc1sc(CC2CCCN2)nc1-c1ccccc1F. The van der Waals surface area contributed by atoms with Crippen LogP contribution in [-0.4, -0.2) is 17.6 Å². The van der Waals surface area contributed by atoms with Gasteiger partial charge < -0.3 is 5.32 Å². The van der Waals surface area contributed by atoms with Gasteiger partial charge in [-0.3, -0.25) is 0 Å². The summed E-state index contributed by atoms with van der Waals surface area (Å²) in [7, 11) is 0. The predicted octanol–water partition coefficient (Wildman–Crippen LogP) is 3.55. The lowest BCUT2D eigenvalue weighted by Gasteiger charge is -2.06. The van der Waals surface area contributed by atoms with E-state index in [0.717, 1.165) is 28.5 Å². The lowest BCUT2D eigenvalue weighted by Crippen LogP contribution is -2.23. The van der Waals surface area contributed by atoms with Crippen molar-refractivity contribution < 1.29 is 4.39 Å². The topological polar surface area (TPSA) is 24.9 Å². The molecule has 0 bridgehead atoms. The number of hydrogen-bond donors (Lipinski definition) is 1. The molecule has 0 aliphatic carbocycles. The van der Waals surface area contributed by atoms with Gasteiger partial charge in [0.25, 0.3) is 0 Å². The molecule has 2 heterocycles. The summed E-state index contributed by atoms with van der Waals surface area (Å²) in [6, 6.07) is 7.40. The fourth-order valence-corrected chi connectivity index (χ4v) is 3.61. The number of aromatic nitrogens is 1. The second-order valence-corrected chi connectivity index (χ2v) is 6.28. The molecule has 4 heteroatoms. The van der Waals surface area contributed by atoms with Gasteiger partial charge in [0.15, 0.2) is 0 Å². The van der Waals surface area contributed by atoms with Crippen molar-refractivity contribution in [2.45, 2.75) is 32.2 Å². The van der Waals surface area contributed by atoms with Crippen LogP contribution in [0.4, 0.5) is 4.39 Å². The Morgan fingerprint density at radius 3 is 3.00 bits per heavy atom. The van der Waals surface area contributed by atoms with Crippen molar-refractivity contribution in [2.24, 2.45) is 0 Å². The Bertz CT molecular complexity index is 573.